The van der Waals surface area contributed by atoms with Crippen LogP contribution in [0.2, 0.25) is 0 Å². The summed E-state index contributed by atoms with van der Waals surface area (Å²) in [6, 6.07) is 12.0. The summed E-state index contributed by atoms with van der Waals surface area (Å²) in [5.41, 5.74) is 3.26. The van der Waals surface area contributed by atoms with Crippen molar-refractivity contribution >= 4 is 23.9 Å². The third kappa shape index (κ3) is 4.36. The molecule has 4 amide bonds. The molecule has 3 aromatic rings. The molecular weight excluding hydrogens is 422 g/mol. The zero-order valence-corrected chi connectivity index (χ0v) is 18.3. The predicted octanol–water partition coefficient (Wildman–Crippen LogP) is 3.91. The number of barbiturate groups is 1. The summed E-state index contributed by atoms with van der Waals surface area (Å²) in [5.74, 6) is -0.233. The van der Waals surface area contributed by atoms with Crippen molar-refractivity contribution in [3.63, 3.8) is 0 Å². The van der Waals surface area contributed by atoms with E-state index in [9.17, 15) is 14.4 Å². The molecule has 1 saturated heterocycles. The van der Waals surface area contributed by atoms with Crippen molar-refractivity contribution in [1.29, 1.82) is 0 Å². The first-order valence-corrected chi connectivity index (χ1v) is 10.3. The van der Waals surface area contributed by atoms with Crippen LogP contribution in [0.3, 0.4) is 0 Å². The Morgan fingerprint density at radius 3 is 2.55 bits per heavy atom. The fourth-order valence-electron chi connectivity index (χ4n) is 3.73. The molecule has 0 spiro atoms. The number of hydrogen-bond donors (Lipinski definition) is 1. The van der Waals surface area contributed by atoms with Crippen LogP contribution in [0.5, 0.6) is 5.75 Å². The minimum Gasteiger partial charge on any atom is -0.490 e. The van der Waals surface area contributed by atoms with Gasteiger partial charge in [0.1, 0.15) is 23.7 Å². The van der Waals surface area contributed by atoms with Crippen LogP contribution >= 0.6 is 0 Å². The predicted molar refractivity (Wildman–Crippen MR) is 122 cm³/mol. The van der Waals surface area contributed by atoms with E-state index in [-0.39, 0.29) is 12.1 Å². The van der Waals surface area contributed by atoms with Crippen molar-refractivity contribution in [3.8, 4) is 11.4 Å². The van der Waals surface area contributed by atoms with E-state index >= 15 is 0 Å². The van der Waals surface area contributed by atoms with Gasteiger partial charge in [-0.2, -0.15) is 0 Å². The van der Waals surface area contributed by atoms with Gasteiger partial charge in [-0.05, 0) is 68.0 Å². The Labute approximate surface area is 190 Å². The highest BCUT2D eigenvalue weighted by molar-refractivity contribution is 6.31. The van der Waals surface area contributed by atoms with Crippen molar-refractivity contribution in [2.45, 2.75) is 20.4 Å². The summed E-state index contributed by atoms with van der Waals surface area (Å²) in [6.07, 6.45) is 4.65. The number of nitrogens with one attached hydrogen (secondary N) is 1. The average Bonchev–Trinajstić information content (AvgIpc) is 3.40. The van der Waals surface area contributed by atoms with Crippen molar-refractivity contribution in [2.75, 3.05) is 6.61 Å². The van der Waals surface area contributed by atoms with Crippen molar-refractivity contribution in [2.24, 2.45) is 0 Å². The monoisotopic (exact) mass is 445 g/mol. The normalized spacial score (nSPS) is 15.2. The Balaban J connectivity index is 1.64. The molecule has 0 radical (unpaired) electrons. The summed E-state index contributed by atoms with van der Waals surface area (Å²) in [6.45, 7) is 7.83. The fourth-order valence-corrected chi connectivity index (χ4v) is 3.73. The van der Waals surface area contributed by atoms with Crippen LogP contribution in [0.25, 0.3) is 11.8 Å². The number of ether oxygens (including phenoxy) is 1. The molecule has 0 bridgehead atoms. The highest BCUT2D eigenvalue weighted by atomic mass is 16.5. The second-order valence-electron chi connectivity index (χ2n) is 7.54. The minimum atomic E-state index is -0.775. The van der Waals surface area contributed by atoms with E-state index in [1.54, 1.807) is 18.2 Å². The van der Waals surface area contributed by atoms with Gasteiger partial charge in [-0.1, -0.05) is 12.7 Å². The standard InChI is InChI=1S/C25H23N3O5/c1-4-11-32-20-9-7-19(8-10-20)28-16(2)13-18(17(28)3)14-22-23(29)26-25(31)27(24(22)30)15-21-6-5-12-33-21/h4-10,12-14H,1,11,15H2,2-3H3,(H,26,29,31)/b22-14+. The van der Waals surface area contributed by atoms with Crippen LogP contribution in [0, 0.1) is 13.8 Å². The lowest BCUT2D eigenvalue weighted by Crippen LogP contribution is -2.53. The van der Waals surface area contributed by atoms with E-state index in [1.807, 2.05) is 48.7 Å². The van der Waals surface area contributed by atoms with Gasteiger partial charge in [0.05, 0.1) is 12.8 Å². The Bertz CT molecular complexity index is 1250. The summed E-state index contributed by atoms with van der Waals surface area (Å²) >= 11 is 0. The first-order valence-electron chi connectivity index (χ1n) is 10.3. The van der Waals surface area contributed by atoms with Crippen LogP contribution in [0.1, 0.15) is 22.7 Å². The molecule has 4 rings (SSSR count). The SMILES string of the molecule is C=CCOc1ccc(-n2c(C)cc(/C=C3\C(=O)NC(=O)N(Cc4ccco4)C3=O)c2C)cc1. The van der Waals surface area contributed by atoms with Crippen molar-refractivity contribution in [3.05, 3.63) is 89.7 Å². The molecule has 0 atom stereocenters. The molecule has 33 heavy (non-hydrogen) atoms. The van der Waals surface area contributed by atoms with Gasteiger partial charge in [-0.25, -0.2) is 4.79 Å². The van der Waals surface area contributed by atoms with E-state index in [4.69, 9.17) is 9.15 Å². The van der Waals surface area contributed by atoms with Gasteiger partial charge in [0, 0.05) is 17.1 Å². The Kier molecular flexibility index (Phi) is 5.99. The molecule has 0 unspecified atom stereocenters. The molecular formula is C25H23N3O5. The molecule has 0 saturated carbocycles. The van der Waals surface area contributed by atoms with E-state index in [1.165, 1.54) is 12.3 Å². The number of benzene rings is 1. The number of aryl methyl sites for hydroxylation is 1. The van der Waals surface area contributed by atoms with E-state index < -0.39 is 17.8 Å². The maximum Gasteiger partial charge on any atom is 0.331 e. The summed E-state index contributed by atoms with van der Waals surface area (Å²) in [7, 11) is 0. The molecule has 1 aliphatic heterocycles. The topological polar surface area (TPSA) is 93.8 Å². The molecule has 0 aliphatic carbocycles. The van der Waals surface area contributed by atoms with Crippen LogP contribution in [0.15, 0.2) is 71.4 Å². The molecule has 3 heterocycles. The van der Waals surface area contributed by atoms with Gasteiger partial charge in [0.25, 0.3) is 11.8 Å². The van der Waals surface area contributed by atoms with Crippen molar-refractivity contribution < 1.29 is 23.5 Å². The molecule has 1 fully saturated rings. The van der Waals surface area contributed by atoms with E-state index in [0.29, 0.717) is 17.9 Å². The highest BCUT2D eigenvalue weighted by Gasteiger charge is 2.36. The van der Waals surface area contributed by atoms with Crippen LogP contribution in [-0.2, 0) is 16.1 Å². The second kappa shape index (κ2) is 9.04. The molecule has 8 heteroatoms. The van der Waals surface area contributed by atoms with Crippen LogP contribution < -0.4 is 10.1 Å². The Morgan fingerprint density at radius 2 is 1.88 bits per heavy atom. The lowest BCUT2D eigenvalue weighted by Gasteiger charge is -2.25. The number of imide groups is 2. The first-order chi connectivity index (χ1) is 15.9. The molecule has 8 nitrogen and oxygen atoms in total. The van der Waals surface area contributed by atoms with Gasteiger partial charge in [0.15, 0.2) is 0 Å². The zero-order chi connectivity index (χ0) is 23.5. The largest absolute Gasteiger partial charge is 0.490 e. The zero-order valence-electron chi connectivity index (χ0n) is 18.3. The average molecular weight is 445 g/mol. The maximum absolute atomic E-state index is 13.0. The van der Waals surface area contributed by atoms with Crippen molar-refractivity contribution in [1.82, 2.24) is 14.8 Å². The van der Waals surface area contributed by atoms with E-state index in [0.717, 1.165) is 27.7 Å². The number of hydrogen-bond acceptors (Lipinski definition) is 5. The highest BCUT2D eigenvalue weighted by Crippen LogP contribution is 2.26. The third-order valence-electron chi connectivity index (χ3n) is 5.31. The Hall–Kier alpha value is -4.33. The van der Waals surface area contributed by atoms with Gasteiger partial charge < -0.3 is 13.7 Å². The maximum atomic E-state index is 13.0. The third-order valence-corrected chi connectivity index (χ3v) is 5.31. The van der Waals surface area contributed by atoms with Crippen LogP contribution in [-0.4, -0.2) is 33.9 Å². The summed E-state index contributed by atoms with van der Waals surface area (Å²) < 4.78 is 12.8. The van der Waals surface area contributed by atoms with Gasteiger partial charge in [0.2, 0.25) is 0 Å². The van der Waals surface area contributed by atoms with Crippen LogP contribution in [0.4, 0.5) is 4.79 Å². The Morgan fingerprint density at radius 1 is 1.12 bits per heavy atom. The quantitative estimate of drug-likeness (QED) is 0.338. The number of amides is 4. The van der Waals surface area contributed by atoms with Gasteiger partial charge >= 0.3 is 6.03 Å². The molecule has 1 N–H and O–H groups in total. The van der Waals surface area contributed by atoms with E-state index in [2.05, 4.69) is 11.9 Å². The number of furan rings is 1. The molecule has 1 aliphatic rings. The smallest absolute Gasteiger partial charge is 0.331 e. The molecule has 2 aromatic heterocycles. The van der Waals surface area contributed by atoms with Gasteiger partial charge in [-0.3, -0.25) is 19.8 Å². The lowest BCUT2D eigenvalue weighted by atomic mass is 10.1. The number of carbonyl (C=O) groups excluding carboxylic acids is 3. The summed E-state index contributed by atoms with van der Waals surface area (Å²) in [4.78, 5) is 38.6. The number of aromatic nitrogens is 1. The number of urea groups is 1. The molecule has 168 valence electrons. The minimum absolute atomic E-state index is 0.0679. The van der Waals surface area contributed by atoms with Gasteiger partial charge in [-0.15, -0.1) is 0 Å². The lowest BCUT2D eigenvalue weighted by molar-refractivity contribution is -0.130. The fraction of sp³-hybridized carbons (Fsp3) is 0.160. The summed E-state index contributed by atoms with van der Waals surface area (Å²) in [5, 5.41) is 2.23. The molecule has 1 aromatic carbocycles. The number of rotatable bonds is 7. The second-order valence-corrected chi connectivity index (χ2v) is 7.54. The first kappa shape index (κ1) is 21.9. The number of carbonyl (C=O) groups is 3. The number of nitrogens with zero attached hydrogens (tertiary/aromatic N) is 2.